The number of nitrogens with one attached hydrogen (secondary N) is 1. The van der Waals surface area contributed by atoms with Gasteiger partial charge in [-0.1, -0.05) is 52.3 Å². The second-order valence-electron chi connectivity index (χ2n) is 5.84. The largest absolute Gasteiger partial charge is 0.390 e. The van der Waals surface area contributed by atoms with Gasteiger partial charge in [0.05, 0.1) is 12.1 Å². The van der Waals surface area contributed by atoms with Crippen LogP contribution in [0.15, 0.2) is 59.1 Å². The molecule has 116 valence electrons. The zero-order valence-corrected chi connectivity index (χ0v) is 14.0. The maximum atomic E-state index is 10.4. The summed E-state index contributed by atoms with van der Waals surface area (Å²) in [6.07, 6.45) is 0.594. The molecule has 1 fully saturated rings. The van der Waals surface area contributed by atoms with Crippen LogP contribution in [0.1, 0.15) is 12.0 Å². The number of aliphatic hydroxyl groups excluding tert-OH is 1. The third kappa shape index (κ3) is 4.09. The quantitative estimate of drug-likeness (QED) is 0.875. The molecule has 0 saturated carbocycles. The summed E-state index contributed by atoms with van der Waals surface area (Å²) in [6.45, 7) is 2.61. The van der Waals surface area contributed by atoms with Gasteiger partial charge in [0.15, 0.2) is 0 Å². The van der Waals surface area contributed by atoms with Crippen LogP contribution in [0.3, 0.4) is 0 Å². The zero-order valence-electron chi connectivity index (χ0n) is 12.5. The molecular weight excluding hydrogens is 340 g/mol. The predicted octanol–water partition coefficient (Wildman–Crippen LogP) is 3.50. The number of anilines is 1. The predicted molar refractivity (Wildman–Crippen MR) is 93.9 cm³/mol. The summed E-state index contributed by atoms with van der Waals surface area (Å²) >= 11 is 3.48. The molecule has 1 saturated heterocycles. The molecule has 1 aliphatic rings. The number of halogens is 1. The third-order valence-electron chi connectivity index (χ3n) is 4.09. The van der Waals surface area contributed by atoms with Gasteiger partial charge in [0.2, 0.25) is 0 Å². The van der Waals surface area contributed by atoms with Crippen LogP contribution in [0.5, 0.6) is 0 Å². The lowest BCUT2D eigenvalue weighted by molar-refractivity contribution is 0.0562. The minimum absolute atomic E-state index is 0.112. The van der Waals surface area contributed by atoms with Gasteiger partial charge in [-0.05, 0) is 30.2 Å². The molecule has 1 aliphatic heterocycles. The van der Waals surface area contributed by atoms with E-state index < -0.39 is 0 Å². The van der Waals surface area contributed by atoms with E-state index in [0.29, 0.717) is 6.54 Å². The first-order valence-electron chi connectivity index (χ1n) is 7.67. The first-order valence-corrected chi connectivity index (χ1v) is 8.46. The van der Waals surface area contributed by atoms with Crippen molar-refractivity contribution < 1.29 is 5.11 Å². The standard InChI is InChI=1S/C18H21BrN2O/c19-15-7-4-8-16(11-15)20-17-9-10-21(13-18(17)22)12-14-5-2-1-3-6-14/h1-8,11,17-18,20,22H,9-10,12-13H2/t17-,18-/m0/s1. The molecule has 3 rings (SSSR count). The monoisotopic (exact) mass is 360 g/mol. The van der Waals surface area contributed by atoms with E-state index in [2.05, 4.69) is 50.4 Å². The van der Waals surface area contributed by atoms with E-state index in [1.165, 1.54) is 5.56 Å². The molecule has 0 unspecified atom stereocenters. The smallest absolute Gasteiger partial charge is 0.0868 e. The Morgan fingerprint density at radius 2 is 1.95 bits per heavy atom. The van der Waals surface area contributed by atoms with Gasteiger partial charge >= 0.3 is 0 Å². The van der Waals surface area contributed by atoms with E-state index in [9.17, 15) is 5.11 Å². The van der Waals surface area contributed by atoms with Crippen molar-refractivity contribution >= 4 is 21.6 Å². The van der Waals surface area contributed by atoms with Crippen molar-refractivity contribution in [3.8, 4) is 0 Å². The van der Waals surface area contributed by atoms with E-state index in [4.69, 9.17) is 0 Å². The fourth-order valence-electron chi connectivity index (χ4n) is 2.94. The number of nitrogens with zero attached hydrogens (tertiary/aromatic N) is 1. The molecule has 2 atom stereocenters. The van der Waals surface area contributed by atoms with Crippen molar-refractivity contribution in [3.05, 3.63) is 64.6 Å². The number of piperidine rings is 1. The van der Waals surface area contributed by atoms with E-state index in [-0.39, 0.29) is 12.1 Å². The van der Waals surface area contributed by atoms with E-state index in [1.54, 1.807) is 0 Å². The van der Waals surface area contributed by atoms with Gasteiger partial charge in [0.1, 0.15) is 0 Å². The average molecular weight is 361 g/mol. The molecule has 2 aromatic carbocycles. The first-order chi connectivity index (χ1) is 10.7. The molecule has 4 heteroatoms. The summed E-state index contributed by atoms with van der Waals surface area (Å²) in [5, 5.41) is 13.9. The number of hydrogen-bond donors (Lipinski definition) is 2. The van der Waals surface area contributed by atoms with Crippen LogP contribution < -0.4 is 5.32 Å². The highest BCUT2D eigenvalue weighted by atomic mass is 79.9. The van der Waals surface area contributed by atoms with E-state index in [0.717, 1.165) is 29.7 Å². The maximum Gasteiger partial charge on any atom is 0.0868 e. The van der Waals surface area contributed by atoms with Gasteiger partial charge in [-0.3, -0.25) is 4.90 Å². The van der Waals surface area contributed by atoms with E-state index >= 15 is 0 Å². The van der Waals surface area contributed by atoms with Crippen molar-refractivity contribution in [2.45, 2.75) is 25.1 Å². The summed E-state index contributed by atoms with van der Waals surface area (Å²) in [7, 11) is 0. The summed E-state index contributed by atoms with van der Waals surface area (Å²) < 4.78 is 1.05. The number of rotatable bonds is 4. The van der Waals surface area contributed by atoms with Crippen LogP contribution >= 0.6 is 15.9 Å². The number of likely N-dealkylation sites (tertiary alicyclic amines) is 1. The fourth-order valence-corrected chi connectivity index (χ4v) is 3.34. The average Bonchev–Trinajstić information content (AvgIpc) is 2.51. The summed E-state index contributed by atoms with van der Waals surface area (Å²) in [4.78, 5) is 2.32. The molecule has 0 bridgehead atoms. The molecule has 0 aliphatic carbocycles. The van der Waals surface area contributed by atoms with Crippen LogP contribution in [0.25, 0.3) is 0 Å². The Labute approximate surface area is 140 Å². The SMILES string of the molecule is O[C@H]1CN(Cc2ccccc2)CC[C@@H]1Nc1cccc(Br)c1. The molecule has 0 spiro atoms. The molecule has 1 heterocycles. The van der Waals surface area contributed by atoms with Gasteiger partial charge in [-0.15, -0.1) is 0 Å². The molecule has 2 aromatic rings. The highest BCUT2D eigenvalue weighted by Gasteiger charge is 2.27. The molecule has 0 aromatic heterocycles. The molecule has 0 radical (unpaired) electrons. The van der Waals surface area contributed by atoms with Crippen LogP contribution in [-0.4, -0.2) is 35.2 Å². The van der Waals surface area contributed by atoms with Gasteiger partial charge in [-0.25, -0.2) is 0 Å². The Bertz CT molecular complexity index is 605. The van der Waals surface area contributed by atoms with Gasteiger partial charge in [0.25, 0.3) is 0 Å². The molecule has 3 nitrogen and oxygen atoms in total. The Morgan fingerprint density at radius 1 is 1.14 bits per heavy atom. The second-order valence-corrected chi connectivity index (χ2v) is 6.75. The lowest BCUT2D eigenvalue weighted by atomic mass is 10.0. The number of benzene rings is 2. The van der Waals surface area contributed by atoms with Crippen LogP contribution in [-0.2, 0) is 6.54 Å². The van der Waals surface area contributed by atoms with Gasteiger partial charge < -0.3 is 10.4 Å². The normalized spacial score (nSPS) is 22.5. The van der Waals surface area contributed by atoms with Crippen molar-refractivity contribution in [2.24, 2.45) is 0 Å². The van der Waals surface area contributed by atoms with Gasteiger partial charge in [-0.2, -0.15) is 0 Å². The Morgan fingerprint density at radius 3 is 2.68 bits per heavy atom. The van der Waals surface area contributed by atoms with Crippen molar-refractivity contribution in [3.63, 3.8) is 0 Å². The summed E-state index contributed by atoms with van der Waals surface area (Å²) in [5.74, 6) is 0. The Balaban J connectivity index is 1.56. The second kappa shape index (κ2) is 7.27. The molecule has 0 amide bonds. The maximum absolute atomic E-state index is 10.4. The third-order valence-corrected chi connectivity index (χ3v) is 4.58. The number of β-amino-alcohol motifs (C(OH)–C–C–N with tert-alkyl or cyclic N) is 1. The van der Waals surface area contributed by atoms with Crippen molar-refractivity contribution in [1.29, 1.82) is 0 Å². The van der Waals surface area contributed by atoms with Crippen molar-refractivity contribution in [2.75, 3.05) is 18.4 Å². The topological polar surface area (TPSA) is 35.5 Å². The first kappa shape index (κ1) is 15.5. The Kier molecular flexibility index (Phi) is 5.13. The highest BCUT2D eigenvalue weighted by Crippen LogP contribution is 2.21. The summed E-state index contributed by atoms with van der Waals surface area (Å²) in [5.41, 5.74) is 2.35. The lowest BCUT2D eigenvalue weighted by Crippen LogP contribution is -2.49. The molecule has 2 N–H and O–H groups in total. The lowest BCUT2D eigenvalue weighted by Gasteiger charge is -2.36. The molecular formula is C18H21BrN2O. The fraction of sp³-hybridized carbons (Fsp3) is 0.333. The minimum Gasteiger partial charge on any atom is -0.390 e. The highest BCUT2D eigenvalue weighted by molar-refractivity contribution is 9.10. The number of hydrogen-bond acceptors (Lipinski definition) is 3. The zero-order chi connectivity index (χ0) is 15.4. The van der Waals surface area contributed by atoms with Crippen LogP contribution in [0.4, 0.5) is 5.69 Å². The molecule has 22 heavy (non-hydrogen) atoms. The Hall–Kier alpha value is -1.36. The van der Waals surface area contributed by atoms with Crippen molar-refractivity contribution in [1.82, 2.24) is 4.90 Å². The summed E-state index contributed by atoms with van der Waals surface area (Å²) in [6, 6.07) is 18.6. The van der Waals surface area contributed by atoms with Crippen LogP contribution in [0, 0.1) is 0 Å². The van der Waals surface area contributed by atoms with Crippen LogP contribution in [0.2, 0.25) is 0 Å². The number of aliphatic hydroxyl groups is 1. The minimum atomic E-state index is -0.351. The van der Waals surface area contributed by atoms with E-state index in [1.807, 2.05) is 30.3 Å². The van der Waals surface area contributed by atoms with Gasteiger partial charge in [0, 0.05) is 29.8 Å².